The molecule has 53 heavy (non-hydrogen) atoms. The Morgan fingerprint density at radius 2 is 1.32 bits per heavy atom. The number of unbranched alkanes of at least 4 members (excludes halogenated alkanes) is 1. The molecule has 8 N–H and O–H groups in total. The minimum Gasteiger partial charge on any atom is -0.389 e. The monoisotopic (exact) mass is 733 g/mol. The molecule has 0 aliphatic carbocycles. The summed E-state index contributed by atoms with van der Waals surface area (Å²) < 4.78 is 0. The third-order valence-corrected chi connectivity index (χ3v) is 10.3. The molecule has 1 spiro atoms. The molecular formula is C40H59N7O6. The first kappa shape index (κ1) is 41.6. The molecule has 4 amide bonds. The van der Waals surface area contributed by atoms with Gasteiger partial charge in [-0.1, -0.05) is 74.5 Å². The van der Waals surface area contributed by atoms with E-state index in [2.05, 4.69) is 16.0 Å². The molecule has 4 rings (SSSR count). The van der Waals surface area contributed by atoms with Gasteiger partial charge in [-0.15, -0.1) is 0 Å². The van der Waals surface area contributed by atoms with Crippen LogP contribution in [0.15, 0.2) is 60.7 Å². The highest BCUT2D eigenvalue weighted by atomic mass is 16.3. The zero-order chi connectivity index (χ0) is 38.4. The second kappa shape index (κ2) is 20.3. The molecule has 2 aromatic carbocycles. The molecule has 2 aromatic rings. The van der Waals surface area contributed by atoms with Gasteiger partial charge in [-0.2, -0.15) is 0 Å². The molecule has 2 fully saturated rings. The fraction of sp³-hybridized carbons (Fsp3) is 0.575. The highest BCUT2D eigenvalue weighted by Crippen LogP contribution is 2.40. The molecular weight excluding hydrogens is 674 g/mol. The first-order valence-corrected chi connectivity index (χ1v) is 19.0. The van der Waals surface area contributed by atoms with Crippen molar-refractivity contribution in [1.82, 2.24) is 25.8 Å². The Bertz CT molecular complexity index is 1490. The number of benzene rings is 2. The van der Waals surface area contributed by atoms with E-state index in [1.807, 2.05) is 79.4 Å². The highest BCUT2D eigenvalue weighted by molar-refractivity contribution is 5.95. The number of hydrogen-bond donors (Lipinski definition) is 6. The summed E-state index contributed by atoms with van der Waals surface area (Å²) in [5, 5.41) is 17.8. The number of piperidine rings is 1. The number of aliphatic hydroxyl groups excluding tert-OH is 1. The van der Waals surface area contributed by atoms with E-state index in [0.717, 1.165) is 37.1 Å². The topological polar surface area (TPSA) is 200 Å². The number of hydrogen-bond acceptors (Lipinski definition) is 9. The van der Waals surface area contributed by atoms with Crippen molar-refractivity contribution in [2.75, 3.05) is 45.9 Å². The Kier molecular flexibility index (Phi) is 16.0. The second-order valence-corrected chi connectivity index (χ2v) is 15.3. The average molecular weight is 734 g/mol. The molecule has 0 bridgehead atoms. The number of nitrogens with two attached hydrogens (primary N) is 2. The van der Waals surface area contributed by atoms with Gasteiger partial charge in [-0.3, -0.25) is 28.9 Å². The number of amides is 4. The van der Waals surface area contributed by atoms with E-state index in [1.54, 1.807) is 4.90 Å². The number of carbonyl (C=O) groups excluding carboxylic acids is 5. The lowest BCUT2D eigenvalue weighted by Gasteiger charge is -2.54. The number of carbonyl (C=O) groups is 5. The number of aliphatic hydroxyl groups is 1. The first-order chi connectivity index (χ1) is 25.4. The predicted octanol–water partition coefficient (Wildman–Crippen LogP) is 0.914. The Morgan fingerprint density at radius 3 is 1.89 bits per heavy atom. The van der Waals surface area contributed by atoms with Crippen LogP contribution in [0.2, 0.25) is 0 Å². The van der Waals surface area contributed by atoms with Gasteiger partial charge >= 0.3 is 0 Å². The van der Waals surface area contributed by atoms with E-state index < -0.39 is 48.5 Å². The summed E-state index contributed by atoms with van der Waals surface area (Å²) in [5.41, 5.74) is 13.8. The quantitative estimate of drug-likeness (QED) is 0.107. The van der Waals surface area contributed by atoms with Gasteiger partial charge in [0.25, 0.3) is 0 Å². The molecule has 290 valence electrons. The van der Waals surface area contributed by atoms with Crippen molar-refractivity contribution in [3.05, 3.63) is 71.8 Å². The van der Waals surface area contributed by atoms with Crippen molar-refractivity contribution in [3.8, 4) is 0 Å². The summed E-state index contributed by atoms with van der Waals surface area (Å²) >= 11 is 0. The summed E-state index contributed by atoms with van der Waals surface area (Å²) in [4.78, 5) is 70.7. The summed E-state index contributed by atoms with van der Waals surface area (Å²) in [6.07, 6.45) is 4.16. The number of likely N-dealkylation sites (tertiary alicyclic amines) is 2. The van der Waals surface area contributed by atoms with Gasteiger partial charge in [-0.05, 0) is 74.0 Å². The van der Waals surface area contributed by atoms with E-state index in [-0.39, 0.29) is 36.0 Å². The molecule has 1 unspecified atom stereocenters. The fourth-order valence-electron chi connectivity index (χ4n) is 7.35. The number of Topliss-reactive ketones (excluding diaryl/α,β-unsaturated/α-hetero) is 1. The number of nitrogens with zero attached hydrogens (tertiary/aromatic N) is 2. The Balaban J connectivity index is 1.43. The van der Waals surface area contributed by atoms with Crippen LogP contribution in [0.3, 0.4) is 0 Å². The highest BCUT2D eigenvalue weighted by Gasteiger charge is 2.46. The zero-order valence-electron chi connectivity index (χ0n) is 31.3. The minimum absolute atomic E-state index is 0.0342. The lowest BCUT2D eigenvalue weighted by atomic mass is 9.72. The Morgan fingerprint density at radius 1 is 0.774 bits per heavy atom. The van der Waals surface area contributed by atoms with Crippen LogP contribution in [0.25, 0.3) is 0 Å². The summed E-state index contributed by atoms with van der Waals surface area (Å²) in [5.74, 6) is -1.77. The van der Waals surface area contributed by atoms with E-state index in [9.17, 15) is 24.0 Å². The van der Waals surface area contributed by atoms with Crippen LogP contribution in [-0.4, -0.2) is 114 Å². The Hall–Kier alpha value is -4.17. The van der Waals surface area contributed by atoms with Crippen LogP contribution in [-0.2, 0) is 36.8 Å². The van der Waals surface area contributed by atoms with Crippen LogP contribution in [0.5, 0.6) is 0 Å². The normalized spacial score (nSPS) is 17.7. The summed E-state index contributed by atoms with van der Waals surface area (Å²) in [7, 11) is 0. The first-order valence-electron chi connectivity index (χ1n) is 19.0. The average Bonchev–Trinajstić information content (AvgIpc) is 3.13. The van der Waals surface area contributed by atoms with Gasteiger partial charge < -0.3 is 37.4 Å². The summed E-state index contributed by atoms with van der Waals surface area (Å²) in [6, 6.07) is 15.1. The fourth-order valence-corrected chi connectivity index (χ4v) is 7.35. The molecule has 13 heteroatoms. The standard InChI is InChI=1S/C40H59N7O6/c1-28(2)21-34(45-38(52)35(23-30-13-7-4-8-14-30)44-36(50)32(42)22-29-11-5-3-6-12-29)37(51)43-33(15-9-10-18-41)39(53)47-19-16-40(17-20-47)26-46(27-40)24-31(49)25-48/h3-8,11-14,28,32-35,48H,9-10,15-27,41-42H2,1-2H3,(H,43,51)(H,44,50)(H,45,52)/t32?,33-,34-,35-/m1/s1. The van der Waals surface area contributed by atoms with Crippen molar-refractivity contribution in [3.63, 3.8) is 0 Å². The smallest absolute Gasteiger partial charge is 0.245 e. The van der Waals surface area contributed by atoms with Crippen molar-refractivity contribution in [2.45, 2.75) is 89.4 Å². The second-order valence-electron chi connectivity index (χ2n) is 15.3. The van der Waals surface area contributed by atoms with Crippen LogP contribution in [0.1, 0.15) is 63.5 Å². The lowest BCUT2D eigenvalue weighted by Crippen LogP contribution is -2.63. The van der Waals surface area contributed by atoms with Gasteiger partial charge in [0, 0.05) is 32.6 Å². The van der Waals surface area contributed by atoms with Crippen LogP contribution in [0.4, 0.5) is 0 Å². The number of rotatable bonds is 20. The van der Waals surface area contributed by atoms with Crippen molar-refractivity contribution >= 4 is 29.4 Å². The third kappa shape index (κ3) is 12.7. The largest absolute Gasteiger partial charge is 0.389 e. The van der Waals surface area contributed by atoms with Gasteiger partial charge in [0.15, 0.2) is 5.78 Å². The predicted molar refractivity (Wildman–Crippen MR) is 203 cm³/mol. The molecule has 2 saturated heterocycles. The maximum absolute atomic E-state index is 14.0. The molecule has 13 nitrogen and oxygen atoms in total. The summed E-state index contributed by atoms with van der Waals surface area (Å²) in [6.45, 7) is 6.76. The molecule has 2 aliphatic heterocycles. The van der Waals surface area contributed by atoms with Crippen molar-refractivity contribution < 1.29 is 29.1 Å². The molecule has 0 saturated carbocycles. The molecule has 2 heterocycles. The van der Waals surface area contributed by atoms with Crippen molar-refractivity contribution in [2.24, 2.45) is 22.8 Å². The van der Waals surface area contributed by atoms with Gasteiger partial charge in [0.05, 0.1) is 12.6 Å². The molecule has 0 aromatic heterocycles. The van der Waals surface area contributed by atoms with Crippen molar-refractivity contribution in [1.29, 1.82) is 0 Å². The maximum atomic E-state index is 14.0. The van der Waals surface area contributed by atoms with E-state index in [0.29, 0.717) is 51.7 Å². The van der Waals surface area contributed by atoms with E-state index in [4.69, 9.17) is 16.6 Å². The van der Waals surface area contributed by atoms with E-state index >= 15 is 0 Å². The number of nitrogens with one attached hydrogen (secondary N) is 3. The van der Waals surface area contributed by atoms with Gasteiger partial charge in [0.1, 0.15) is 24.7 Å². The van der Waals surface area contributed by atoms with Crippen LogP contribution in [0, 0.1) is 11.3 Å². The Labute approximate surface area is 313 Å². The minimum atomic E-state index is -0.999. The van der Waals surface area contributed by atoms with E-state index in [1.165, 1.54) is 0 Å². The lowest BCUT2D eigenvalue weighted by molar-refractivity contribution is -0.142. The van der Waals surface area contributed by atoms with Crippen LogP contribution < -0.4 is 27.4 Å². The molecule has 4 atom stereocenters. The van der Waals surface area contributed by atoms with Crippen LogP contribution >= 0.6 is 0 Å². The van der Waals surface area contributed by atoms with Gasteiger partial charge in [0.2, 0.25) is 23.6 Å². The number of ketones is 1. The van der Waals surface area contributed by atoms with Gasteiger partial charge in [-0.25, -0.2) is 0 Å². The maximum Gasteiger partial charge on any atom is 0.245 e. The zero-order valence-corrected chi connectivity index (χ0v) is 31.3. The third-order valence-electron chi connectivity index (χ3n) is 10.3. The SMILES string of the molecule is CC(C)C[C@@H](NC(=O)[C@@H](Cc1ccccc1)NC(=O)C(N)Cc1ccccc1)C(=O)N[C@H](CCCCN)C(=O)N1CCC2(CC1)CN(CC(=O)CO)C2. The molecule has 2 aliphatic rings. The molecule has 0 radical (unpaired) electrons.